The number of likely N-dealkylation sites (N-methyl/N-ethyl adjacent to an activating group) is 1. The van der Waals surface area contributed by atoms with Crippen LogP contribution in [0.4, 0.5) is 5.69 Å². The Bertz CT molecular complexity index is 901. The van der Waals surface area contributed by atoms with E-state index in [1.54, 1.807) is 36.4 Å². The number of rotatable bonds is 3. The summed E-state index contributed by atoms with van der Waals surface area (Å²) in [6.07, 6.45) is 1.68. The Morgan fingerprint density at radius 3 is 2.68 bits per heavy atom. The summed E-state index contributed by atoms with van der Waals surface area (Å²) in [7, 11) is -2.46. The van der Waals surface area contributed by atoms with Crippen molar-refractivity contribution in [2.75, 3.05) is 12.4 Å². The standard InChI is InChI=1S/C16H16N4O4S/c1-20-14(16(21)18-12-6-4-11(10-17)5-7-12)9-13(19-25(20,22)23)15-3-2-8-24-15/h2-8,13-14,19H,9H2,1H3,(H,18,21)/t13-,14+/m1/s1. The van der Waals surface area contributed by atoms with Gasteiger partial charge in [0.2, 0.25) is 5.91 Å². The summed E-state index contributed by atoms with van der Waals surface area (Å²) in [5.74, 6) is 0.00156. The lowest BCUT2D eigenvalue weighted by atomic mass is 10.0. The van der Waals surface area contributed by atoms with E-state index in [2.05, 4.69) is 10.0 Å². The molecule has 1 aliphatic rings. The molecule has 1 aromatic carbocycles. The maximum atomic E-state index is 12.6. The van der Waals surface area contributed by atoms with Crippen LogP contribution in [0.2, 0.25) is 0 Å². The molecule has 0 unspecified atom stereocenters. The summed E-state index contributed by atoms with van der Waals surface area (Å²) in [5.41, 5.74) is 0.959. The van der Waals surface area contributed by atoms with Gasteiger partial charge in [-0.25, -0.2) is 0 Å². The molecule has 0 saturated carbocycles. The number of benzene rings is 1. The summed E-state index contributed by atoms with van der Waals surface area (Å²) in [4.78, 5) is 12.6. The van der Waals surface area contributed by atoms with Crippen molar-refractivity contribution < 1.29 is 17.6 Å². The molecule has 1 saturated heterocycles. The Morgan fingerprint density at radius 1 is 1.36 bits per heavy atom. The van der Waals surface area contributed by atoms with Crippen LogP contribution in [-0.2, 0) is 15.0 Å². The van der Waals surface area contributed by atoms with Gasteiger partial charge in [-0.15, -0.1) is 0 Å². The van der Waals surface area contributed by atoms with E-state index in [-0.39, 0.29) is 6.42 Å². The molecule has 1 aliphatic heterocycles. The Kier molecular flexibility index (Phi) is 4.59. The third-order valence-electron chi connectivity index (χ3n) is 4.04. The molecule has 2 aromatic rings. The van der Waals surface area contributed by atoms with Gasteiger partial charge in [0, 0.05) is 12.7 Å². The van der Waals surface area contributed by atoms with E-state index in [9.17, 15) is 13.2 Å². The zero-order valence-electron chi connectivity index (χ0n) is 13.3. The Balaban J connectivity index is 1.80. The van der Waals surface area contributed by atoms with E-state index in [4.69, 9.17) is 9.68 Å². The molecule has 0 spiro atoms. The van der Waals surface area contributed by atoms with Gasteiger partial charge in [-0.05, 0) is 42.8 Å². The minimum absolute atomic E-state index is 0.228. The fourth-order valence-electron chi connectivity index (χ4n) is 2.64. The second-order valence-corrected chi connectivity index (χ2v) is 7.40. The van der Waals surface area contributed by atoms with Gasteiger partial charge in [0.25, 0.3) is 10.2 Å². The van der Waals surface area contributed by atoms with Gasteiger partial charge < -0.3 is 9.73 Å². The van der Waals surface area contributed by atoms with Gasteiger partial charge in [0.05, 0.1) is 23.9 Å². The molecule has 9 heteroatoms. The molecule has 2 atom stereocenters. The molecular weight excluding hydrogens is 344 g/mol. The zero-order valence-corrected chi connectivity index (χ0v) is 14.2. The van der Waals surface area contributed by atoms with Crippen LogP contribution in [0.3, 0.4) is 0 Å². The third kappa shape index (κ3) is 3.56. The normalized spacial score (nSPS) is 22.9. The van der Waals surface area contributed by atoms with Crippen molar-refractivity contribution in [1.29, 1.82) is 5.26 Å². The first-order valence-corrected chi connectivity index (χ1v) is 8.94. The summed E-state index contributed by atoms with van der Waals surface area (Å²) < 4.78 is 33.4. The van der Waals surface area contributed by atoms with Crippen LogP contribution in [0, 0.1) is 11.3 Å². The number of furan rings is 1. The van der Waals surface area contributed by atoms with Crippen LogP contribution in [0.5, 0.6) is 0 Å². The second-order valence-electron chi connectivity index (χ2n) is 5.64. The number of hydrogen-bond acceptors (Lipinski definition) is 5. The lowest BCUT2D eigenvalue weighted by molar-refractivity contribution is -0.120. The molecule has 1 fully saturated rings. The lowest BCUT2D eigenvalue weighted by Gasteiger charge is -2.35. The van der Waals surface area contributed by atoms with Crippen molar-refractivity contribution in [3.8, 4) is 6.07 Å². The predicted octanol–water partition coefficient (Wildman–Crippen LogP) is 1.37. The van der Waals surface area contributed by atoms with Crippen molar-refractivity contribution in [2.24, 2.45) is 0 Å². The number of nitrogens with zero attached hydrogens (tertiary/aromatic N) is 2. The Labute approximate surface area is 145 Å². The van der Waals surface area contributed by atoms with E-state index in [1.165, 1.54) is 13.3 Å². The molecule has 3 rings (SSSR count). The first-order valence-electron chi connectivity index (χ1n) is 7.50. The van der Waals surface area contributed by atoms with E-state index >= 15 is 0 Å². The monoisotopic (exact) mass is 360 g/mol. The smallest absolute Gasteiger partial charge is 0.280 e. The van der Waals surface area contributed by atoms with Crippen molar-refractivity contribution in [2.45, 2.75) is 18.5 Å². The van der Waals surface area contributed by atoms with Crippen LogP contribution < -0.4 is 10.0 Å². The van der Waals surface area contributed by atoms with Gasteiger partial charge in [0.1, 0.15) is 11.8 Å². The molecular formula is C16H16N4O4S. The molecule has 0 radical (unpaired) electrons. The molecule has 130 valence electrons. The van der Waals surface area contributed by atoms with Crippen LogP contribution >= 0.6 is 0 Å². The van der Waals surface area contributed by atoms with Crippen LogP contribution in [-0.4, -0.2) is 31.7 Å². The summed E-state index contributed by atoms with van der Waals surface area (Å²) in [5, 5.41) is 11.5. The van der Waals surface area contributed by atoms with Gasteiger partial charge in [0.15, 0.2) is 0 Å². The molecule has 25 heavy (non-hydrogen) atoms. The van der Waals surface area contributed by atoms with Gasteiger partial charge in [-0.1, -0.05) is 0 Å². The van der Waals surface area contributed by atoms with Gasteiger partial charge in [-0.2, -0.15) is 22.7 Å². The maximum absolute atomic E-state index is 12.6. The van der Waals surface area contributed by atoms with E-state index in [1.807, 2.05) is 6.07 Å². The highest BCUT2D eigenvalue weighted by Crippen LogP contribution is 2.28. The lowest BCUT2D eigenvalue weighted by Crippen LogP contribution is -2.55. The molecule has 2 heterocycles. The molecule has 8 nitrogen and oxygen atoms in total. The van der Waals surface area contributed by atoms with Crippen molar-refractivity contribution in [3.05, 3.63) is 54.0 Å². The fourth-order valence-corrected chi connectivity index (χ4v) is 3.89. The van der Waals surface area contributed by atoms with E-state index in [0.717, 1.165) is 4.31 Å². The largest absolute Gasteiger partial charge is 0.468 e. The molecule has 2 N–H and O–H groups in total. The number of nitriles is 1. The quantitative estimate of drug-likeness (QED) is 0.858. The molecule has 0 bridgehead atoms. The van der Waals surface area contributed by atoms with Crippen molar-refractivity contribution in [1.82, 2.24) is 9.03 Å². The van der Waals surface area contributed by atoms with Gasteiger partial charge >= 0.3 is 0 Å². The Hall–Kier alpha value is -2.67. The van der Waals surface area contributed by atoms with E-state index in [0.29, 0.717) is 17.0 Å². The number of anilines is 1. The summed E-state index contributed by atoms with van der Waals surface area (Å²) >= 11 is 0. The van der Waals surface area contributed by atoms with Gasteiger partial charge in [-0.3, -0.25) is 4.79 Å². The fraction of sp³-hybridized carbons (Fsp3) is 0.250. The van der Waals surface area contributed by atoms with Crippen LogP contribution in [0.1, 0.15) is 23.8 Å². The van der Waals surface area contributed by atoms with Crippen LogP contribution in [0.15, 0.2) is 47.1 Å². The zero-order chi connectivity index (χ0) is 18.0. The molecule has 0 aliphatic carbocycles. The number of nitrogens with one attached hydrogen (secondary N) is 2. The predicted molar refractivity (Wildman–Crippen MR) is 89.5 cm³/mol. The summed E-state index contributed by atoms with van der Waals surface area (Å²) in [6, 6.07) is 10.1. The first-order chi connectivity index (χ1) is 11.9. The van der Waals surface area contributed by atoms with E-state index < -0.39 is 28.2 Å². The Morgan fingerprint density at radius 2 is 2.08 bits per heavy atom. The highest BCUT2D eigenvalue weighted by Gasteiger charge is 2.41. The highest BCUT2D eigenvalue weighted by atomic mass is 32.2. The number of carbonyl (C=O) groups excluding carboxylic acids is 1. The maximum Gasteiger partial charge on any atom is 0.280 e. The van der Waals surface area contributed by atoms with Crippen LogP contribution in [0.25, 0.3) is 0 Å². The number of amides is 1. The summed E-state index contributed by atoms with van der Waals surface area (Å²) in [6.45, 7) is 0. The molecule has 1 aromatic heterocycles. The number of hydrogen-bond donors (Lipinski definition) is 2. The average Bonchev–Trinajstić information content (AvgIpc) is 3.12. The third-order valence-corrected chi connectivity index (χ3v) is 5.63. The minimum Gasteiger partial charge on any atom is -0.468 e. The number of carbonyl (C=O) groups is 1. The highest BCUT2D eigenvalue weighted by molar-refractivity contribution is 7.87. The second kappa shape index (κ2) is 6.68. The first kappa shape index (κ1) is 17.2. The van der Waals surface area contributed by atoms with Crippen molar-refractivity contribution in [3.63, 3.8) is 0 Å². The topological polar surface area (TPSA) is 115 Å². The SMILES string of the molecule is CN1[C@H](C(=O)Nc2ccc(C#N)cc2)C[C@H](c2ccco2)NS1(=O)=O. The van der Waals surface area contributed by atoms with Crippen molar-refractivity contribution >= 4 is 21.8 Å². The average molecular weight is 360 g/mol. The minimum atomic E-state index is -3.81. The molecule has 1 amide bonds.